The summed E-state index contributed by atoms with van der Waals surface area (Å²) < 4.78 is 24.8. The Bertz CT molecular complexity index is 1280. The standard InChI is InChI=1S/C27H30ClN5O4S/c28-23-3-1-19(2-4-23)16-29-26(34)22-15-21-13-20(17-31-5-9-36-10-6-31)14-24-25(21)33(18-22)30-27(38(24)35)32-7-11-37-12-8-32/h1-4,13-15,18,25H,5-12,16-17H2,(H,29,34). The fraction of sp³-hybridized carbons (Fsp3) is 0.407. The monoisotopic (exact) mass is 555 g/mol. The van der Waals surface area contributed by atoms with E-state index in [2.05, 4.69) is 22.4 Å². The first-order valence-corrected chi connectivity index (χ1v) is 14.4. The van der Waals surface area contributed by atoms with Gasteiger partial charge in [-0.1, -0.05) is 29.8 Å². The Labute approximate surface area is 229 Å². The Morgan fingerprint density at radius 2 is 1.74 bits per heavy atom. The lowest BCUT2D eigenvalue weighted by molar-refractivity contribution is -0.117. The van der Waals surface area contributed by atoms with Crippen molar-refractivity contribution in [3.63, 3.8) is 0 Å². The number of amides is 1. The number of carbonyl (C=O) groups is 1. The third kappa shape index (κ3) is 5.37. The number of amidine groups is 1. The van der Waals surface area contributed by atoms with Gasteiger partial charge in [-0.3, -0.25) is 14.7 Å². The van der Waals surface area contributed by atoms with E-state index in [1.54, 1.807) is 11.2 Å². The molecule has 0 radical (unpaired) electrons. The third-order valence-corrected chi connectivity index (χ3v) is 8.82. The van der Waals surface area contributed by atoms with E-state index in [1.165, 1.54) is 0 Å². The van der Waals surface area contributed by atoms with E-state index in [9.17, 15) is 9.00 Å². The molecule has 5 aliphatic rings. The number of hydrazone groups is 1. The maximum Gasteiger partial charge on any atom is 0.253 e. The van der Waals surface area contributed by atoms with Crippen molar-refractivity contribution in [2.45, 2.75) is 12.6 Å². The summed E-state index contributed by atoms with van der Waals surface area (Å²) in [5.74, 6) is -0.194. The van der Waals surface area contributed by atoms with Crippen LogP contribution in [0.2, 0.25) is 5.02 Å². The molecule has 1 aromatic rings. The Morgan fingerprint density at radius 1 is 1.03 bits per heavy atom. The first-order valence-electron chi connectivity index (χ1n) is 12.8. The van der Waals surface area contributed by atoms with Crippen LogP contribution >= 0.6 is 11.6 Å². The summed E-state index contributed by atoms with van der Waals surface area (Å²) >= 11 is 5.99. The molecule has 0 saturated carbocycles. The molecule has 6 rings (SSSR count). The van der Waals surface area contributed by atoms with Gasteiger partial charge in [0, 0.05) is 50.5 Å². The normalized spacial score (nSPS) is 25.4. The Morgan fingerprint density at radius 3 is 2.47 bits per heavy atom. The van der Waals surface area contributed by atoms with Gasteiger partial charge in [-0.25, -0.2) is 4.21 Å². The van der Waals surface area contributed by atoms with Gasteiger partial charge in [-0.05, 0) is 41.0 Å². The van der Waals surface area contributed by atoms with Crippen molar-refractivity contribution in [2.75, 3.05) is 59.2 Å². The van der Waals surface area contributed by atoms with Crippen molar-refractivity contribution in [3.8, 4) is 0 Å². The number of morpholine rings is 2. The van der Waals surface area contributed by atoms with E-state index in [4.69, 9.17) is 26.2 Å². The number of nitrogens with zero attached hydrogens (tertiary/aromatic N) is 4. The average Bonchev–Trinajstić information content (AvgIpc) is 2.95. The first-order chi connectivity index (χ1) is 18.5. The van der Waals surface area contributed by atoms with Crippen molar-refractivity contribution in [2.24, 2.45) is 5.10 Å². The van der Waals surface area contributed by atoms with Crippen LogP contribution < -0.4 is 5.32 Å². The zero-order valence-electron chi connectivity index (χ0n) is 21.0. The molecule has 200 valence electrons. The minimum Gasteiger partial charge on any atom is -0.379 e. The topological polar surface area (TPSA) is 86.7 Å². The predicted molar refractivity (Wildman–Crippen MR) is 146 cm³/mol. The summed E-state index contributed by atoms with van der Waals surface area (Å²) in [7, 11) is -1.41. The molecular weight excluding hydrogens is 526 g/mol. The van der Waals surface area contributed by atoms with Gasteiger partial charge < -0.3 is 19.7 Å². The van der Waals surface area contributed by atoms with Crippen molar-refractivity contribution in [1.82, 2.24) is 20.1 Å². The zero-order chi connectivity index (χ0) is 26.1. The predicted octanol–water partition coefficient (Wildman–Crippen LogP) is 1.97. The van der Waals surface area contributed by atoms with Crippen LogP contribution in [0.1, 0.15) is 5.56 Å². The average molecular weight is 556 g/mol. The van der Waals surface area contributed by atoms with Crippen molar-refractivity contribution in [1.29, 1.82) is 0 Å². The second-order valence-electron chi connectivity index (χ2n) is 9.73. The lowest BCUT2D eigenvalue weighted by Gasteiger charge is -2.41. The number of rotatable bonds is 5. The van der Waals surface area contributed by atoms with Crippen LogP contribution in [0.3, 0.4) is 0 Å². The lowest BCUT2D eigenvalue weighted by atomic mass is 9.92. The van der Waals surface area contributed by atoms with Gasteiger partial charge in [-0.15, -0.1) is 5.10 Å². The summed E-state index contributed by atoms with van der Waals surface area (Å²) in [6.07, 6.45) is 7.84. The van der Waals surface area contributed by atoms with Crippen LogP contribution in [0, 0.1) is 0 Å². The molecule has 0 bridgehead atoms. The molecule has 0 spiro atoms. The van der Waals surface area contributed by atoms with Gasteiger partial charge in [0.15, 0.2) is 0 Å². The Kier molecular flexibility index (Phi) is 7.49. The minimum absolute atomic E-state index is 0.194. The largest absolute Gasteiger partial charge is 0.379 e. The number of halogens is 1. The highest BCUT2D eigenvalue weighted by Crippen LogP contribution is 2.38. The summed E-state index contributed by atoms with van der Waals surface area (Å²) in [4.78, 5) is 18.4. The SMILES string of the molecule is O=C(NCc1ccc(Cl)cc1)C1=CN2N=C(N3CCOCC3)S(=O)C3=CC(CN4CCOCC4)=CC(=C1)C32. The lowest BCUT2D eigenvalue weighted by Crippen LogP contribution is -2.50. The quantitative estimate of drug-likeness (QED) is 0.594. The highest BCUT2D eigenvalue weighted by atomic mass is 35.5. The fourth-order valence-corrected chi connectivity index (χ4v) is 6.76. The number of hydrogen-bond acceptors (Lipinski definition) is 8. The second-order valence-corrected chi connectivity index (χ2v) is 11.5. The molecule has 2 fully saturated rings. The van der Waals surface area contributed by atoms with E-state index >= 15 is 0 Å². The van der Waals surface area contributed by atoms with E-state index in [0.29, 0.717) is 61.8 Å². The molecular formula is C27H30ClN5O4S. The Balaban J connectivity index is 1.30. The minimum atomic E-state index is -1.41. The molecule has 2 atom stereocenters. The molecule has 38 heavy (non-hydrogen) atoms. The van der Waals surface area contributed by atoms with E-state index in [-0.39, 0.29) is 11.9 Å². The smallest absolute Gasteiger partial charge is 0.253 e. The zero-order valence-corrected chi connectivity index (χ0v) is 22.5. The molecule has 1 aromatic carbocycles. The van der Waals surface area contributed by atoms with Crippen molar-refractivity contribution < 1.29 is 18.5 Å². The molecule has 11 heteroatoms. The first kappa shape index (κ1) is 25.5. The van der Waals surface area contributed by atoms with Crippen molar-refractivity contribution >= 4 is 33.5 Å². The molecule has 2 unspecified atom stereocenters. The van der Waals surface area contributed by atoms with Crippen LogP contribution in [0.15, 0.2) is 75.4 Å². The van der Waals surface area contributed by atoms with Crippen molar-refractivity contribution in [3.05, 3.63) is 80.9 Å². The highest BCUT2D eigenvalue weighted by molar-refractivity contribution is 8.04. The van der Waals surface area contributed by atoms with Gasteiger partial charge in [0.05, 0.1) is 36.9 Å². The van der Waals surface area contributed by atoms with E-state index in [1.807, 2.05) is 35.2 Å². The maximum absolute atomic E-state index is 13.8. The maximum atomic E-state index is 13.8. The number of ether oxygens (including phenoxy) is 2. The number of nitrogens with one attached hydrogen (secondary N) is 1. The van der Waals surface area contributed by atoms with E-state index in [0.717, 1.165) is 41.2 Å². The number of hydrogen-bond donors (Lipinski definition) is 1. The van der Waals surface area contributed by atoms with Crippen LogP contribution in [-0.4, -0.2) is 95.3 Å². The summed E-state index contributed by atoms with van der Waals surface area (Å²) in [6.45, 7) is 6.66. The van der Waals surface area contributed by atoms with Gasteiger partial charge in [-0.2, -0.15) is 0 Å². The fourth-order valence-electron chi connectivity index (χ4n) is 5.14. The van der Waals surface area contributed by atoms with Gasteiger partial charge in [0.25, 0.3) is 5.91 Å². The van der Waals surface area contributed by atoms with Gasteiger partial charge in [0.1, 0.15) is 16.8 Å². The van der Waals surface area contributed by atoms with Crippen LogP contribution in [0.5, 0.6) is 0 Å². The van der Waals surface area contributed by atoms with Gasteiger partial charge in [0.2, 0.25) is 5.17 Å². The highest BCUT2D eigenvalue weighted by Gasteiger charge is 2.41. The Hall–Kier alpha value is -2.76. The molecule has 0 aromatic heterocycles. The molecule has 1 N–H and O–H groups in total. The van der Waals surface area contributed by atoms with E-state index < -0.39 is 10.8 Å². The van der Waals surface area contributed by atoms with Gasteiger partial charge >= 0.3 is 0 Å². The molecule has 2 saturated heterocycles. The van der Waals surface area contributed by atoms with Crippen LogP contribution in [0.25, 0.3) is 0 Å². The molecule has 1 amide bonds. The summed E-state index contributed by atoms with van der Waals surface area (Å²) in [5, 5.41) is 10.8. The number of benzene rings is 1. The molecule has 4 heterocycles. The molecule has 1 aliphatic carbocycles. The summed E-state index contributed by atoms with van der Waals surface area (Å²) in [6, 6.07) is 7.11. The molecule has 4 aliphatic heterocycles. The second kappa shape index (κ2) is 11.2. The summed E-state index contributed by atoms with van der Waals surface area (Å²) in [5.41, 5.74) is 3.46. The molecule has 9 nitrogen and oxygen atoms in total. The van der Waals surface area contributed by atoms with Crippen LogP contribution in [0.4, 0.5) is 0 Å². The number of carbonyl (C=O) groups excluding carboxylic acids is 1. The third-order valence-electron chi connectivity index (χ3n) is 7.12. The van der Waals surface area contributed by atoms with Crippen LogP contribution in [-0.2, 0) is 31.6 Å².